The molecule has 57 heavy (non-hydrogen) atoms. The van der Waals surface area contributed by atoms with Crippen molar-refractivity contribution in [3.63, 3.8) is 0 Å². The highest BCUT2D eigenvalue weighted by Crippen LogP contribution is 2.52. The SMILES string of the molecule is c1ccc(-c2ccc(C3c4ccccc4-c4cc5c6cc(-c7ccc8c(c7)-c7ccccc7C8c7ccccc7)ccc6n(-c6ccccc6)c5cc43)cc2)cc1. The third-order valence-corrected chi connectivity index (χ3v) is 12.6. The average Bonchev–Trinajstić information content (AvgIpc) is 3.91. The van der Waals surface area contributed by atoms with Crippen LogP contribution in [0.4, 0.5) is 0 Å². The summed E-state index contributed by atoms with van der Waals surface area (Å²) in [4.78, 5) is 0. The summed E-state index contributed by atoms with van der Waals surface area (Å²) in [6.45, 7) is 0. The van der Waals surface area contributed by atoms with Crippen LogP contribution < -0.4 is 0 Å². The molecule has 0 spiro atoms. The Balaban J connectivity index is 1.04. The van der Waals surface area contributed by atoms with Crippen LogP contribution in [0.1, 0.15) is 45.2 Å². The predicted octanol–water partition coefficient (Wildman–Crippen LogP) is 14.4. The smallest absolute Gasteiger partial charge is 0.0544 e. The molecular weight excluding hydrogens is 687 g/mol. The van der Waals surface area contributed by atoms with E-state index in [0.29, 0.717) is 0 Å². The summed E-state index contributed by atoms with van der Waals surface area (Å²) in [6, 6.07) is 78.9. The van der Waals surface area contributed by atoms with Gasteiger partial charge in [0, 0.05) is 28.3 Å². The molecule has 0 saturated heterocycles. The Morgan fingerprint density at radius 3 is 1.49 bits per heavy atom. The molecule has 0 radical (unpaired) electrons. The Kier molecular flexibility index (Phi) is 7.12. The molecule has 0 aliphatic heterocycles. The minimum Gasteiger partial charge on any atom is -0.309 e. The molecule has 1 aromatic heterocycles. The van der Waals surface area contributed by atoms with Crippen LogP contribution in [0.25, 0.3) is 72.0 Å². The highest BCUT2D eigenvalue weighted by molar-refractivity contribution is 6.12. The van der Waals surface area contributed by atoms with E-state index in [1.807, 2.05) is 0 Å². The predicted molar refractivity (Wildman–Crippen MR) is 237 cm³/mol. The van der Waals surface area contributed by atoms with Crippen molar-refractivity contribution in [3.05, 3.63) is 246 Å². The van der Waals surface area contributed by atoms with E-state index >= 15 is 0 Å². The van der Waals surface area contributed by atoms with Crippen molar-refractivity contribution in [3.8, 4) is 50.2 Å². The topological polar surface area (TPSA) is 4.93 Å². The van der Waals surface area contributed by atoms with Crippen molar-refractivity contribution >= 4 is 21.8 Å². The van der Waals surface area contributed by atoms with Gasteiger partial charge >= 0.3 is 0 Å². The van der Waals surface area contributed by atoms with Gasteiger partial charge in [-0.1, -0.05) is 170 Å². The van der Waals surface area contributed by atoms with E-state index in [9.17, 15) is 0 Å². The molecule has 1 nitrogen and oxygen atoms in total. The molecule has 12 rings (SSSR count). The first kappa shape index (κ1) is 32.1. The fraction of sp³-hybridized carbons (Fsp3) is 0.0357. The maximum Gasteiger partial charge on any atom is 0.0544 e. The van der Waals surface area contributed by atoms with Gasteiger partial charge < -0.3 is 4.57 Å². The average molecular weight is 724 g/mol. The van der Waals surface area contributed by atoms with Gasteiger partial charge in [0.1, 0.15) is 0 Å². The van der Waals surface area contributed by atoms with Crippen LogP contribution in [0, 0.1) is 0 Å². The number of rotatable bonds is 5. The molecule has 1 heteroatoms. The number of aromatic nitrogens is 1. The molecule has 266 valence electrons. The van der Waals surface area contributed by atoms with E-state index in [0.717, 1.165) is 0 Å². The van der Waals surface area contributed by atoms with E-state index < -0.39 is 0 Å². The standard InChI is InChI=1S/C56H37N/c1-4-14-36(15-5-1)37-24-26-39(27-25-37)56-46-23-13-11-21-44(46)49-34-51-50-33-41(29-31-53(50)57(54(51)35-52(49)56)42-18-8-3-9-19-42)40-28-30-47-48(32-40)43-20-10-12-22-45(43)55(47)38-16-6-2-7-17-38/h1-35,55-56H. The van der Waals surface area contributed by atoms with Gasteiger partial charge in [-0.15, -0.1) is 0 Å². The molecule has 0 amide bonds. The molecule has 0 N–H and O–H groups in total. The maximum absolute atomic E-state index is 2.49. The Bertz CT molecular complexity index is 3150. The first-order valence-corrected chi connectivity index (χ1v) is 20.0. The first-order valence-electron chi connectivity index (χ1n) is 20.0. The summed E-state index contributed by atoms with van der Waals surface area (Å²) in [5.74, 6) is 0.394. The summed E-state index contributed by atoms with van der Waals surface area (Å²) < 4.78 is 2.47. The van der Waals surface area contributed by atoms with Crippen LogP contribution >= 0.6 is 0 Å². The zero-order chi connectivity index (χ0) is 37.5. The third-order valence-electron chi connectivity index (χ3n) is 12.6. The lowest BCUT2D eigenvalue weighted by molar-refractivity contribution is 1.01. The van der Waals surface area contributed by atoms with Gasteiger partial charge in [0.05, 0.1) is 11.0 Å². The molecule has 9 aromatic carbocycles. The summed E-state index contributed by atoms with van der Waals surface area (Å²) >= 11 is 0. The molecule has 0 fully saturated rings. The Morgan fingerprint density at radius 2 is 0.772 bits per heavy atom. The molecular formula is C56H37N. The number of hydrogen-bond acceptors (Lipinski definition) is 0. The largest absolute Gasteiger partial charge is 0.309 e. The Hall–Kier alpha value is -7.22. The number of hydrogen-bond donors (Lipinski definition) is 0. The van der Waals surface area contributed by atoms with Crippen molar-refractivity contribution in [2.24, 2.45) is 0 Å². The number of benzene rings is 9. The Labute approximate surface area is 332 Å². The molecule has 0 saturated carbocycles. The van der Waals surface area contributed by atoms with E-state index in [1.165, 1.54) is 105 Å². The van der Waals surface area contributed by atoms with E-state index in [1.54, 1.807) is 0 Å². The van der Waals surface area contributed by atoms with Gasteiger partial charge in [0.25, 0.3) is 0 Å². The maximum atomic E-state index is 2.49. The number of nitrogens with zero attached hydrogens (tertiary/aromatic N) is 1. The highest BCUT2D eigenvalue weighted by Gasteiger charge is 2.32. The van der Waals surface area contributed by atoms with Crippen LogP contribution in [-0.4, -0.2) is 4.57 Å². The molecule has 2 aliphatic carbocycles. The second-order valence-electron chi connectivity index (χ2n) is 15.6. The van der Waals surface area contributed by atoms with Gasteiger partial charge in [-0.2, -0.15) is 0 Å². The minimum atomic E-state index is 0.150. The van der Waals surface area contributed by atoms with Crippen molar-refractivity contribution in [1.29, 1.82) is 0 Å². The van der Waals surface area contributed by atoms with Crippen LogP contribution in [0.3, 0.4) is 0 Å². The van der Waals surface area contributed by atoms with Crippen molar-refractivity contribution < 1.29 is 0 Å². The van der Waals surface area contributed by atoms with E-state index in [2.05, 4.69) is 217 Å². The minimum absolute atomic E-state index is 0.150. The first-order chi connectivity index (χ1) is 28.3. The normalized spacial score (nSPS) is 15.0. The fourth-order valence-corrected chi connectivity index (χ4v) is 9.99. The lowest BCUT2D eigenvalue weighted by atomic mass is 9.88. The van der Waals surface area contributed by atoms with Gasteiger partial charge in [0.2, 0.25) is 0 Å². The van der Waals surface area contributed by atoms with Crippen LogP contribution in [0.2, 0.25) is 0 Å². The third kappa shape index (κ3) is 4.95. The lowest BCUT2D eigenvalue weighted by Gasteiger charge is -2.16. The quantitative estimate of drug-likeness (QED) is 0.167. The zero-order valence-electron chi connectivity index (χ0n) is 31.3. The van der Waals surface area contributed by atoms with Crippen LogP contribution in [0.15, 0.2) is 212 Å². The molecule has 10 aromatic rings. The van der Waals surface area contributed by atoms with Crippen LogP contribution in [-0.2, 0) is 0 Å². The van der Waals surface area contributed by atoms with Gasteiger partial charge in [-0.25, -0.2) is 0 Å². The molecule has 2 aliphatic rings. The lowest BCUT2D eigenvalue weighted by Crippen LogP contribution is -2.00. The summed E-state index contributed by atoms with van der Waals surface area (Å²) in [5, 5.41) is 2.55. The monoisotopic (exact) mass is 723 g/mol. The summed E-state index contributed by atoms with van der Waals surface area (Å²) in [5.41, 5.74) is 22.1. The van der Waals surface area contributed by atoms with Crippen molar-refractivity contribution in [2.75, 3.05) is 0 Å². The van der Waals surface area contributed by atoms with E-state index in [4.69, 9.17) is 0 Å². The summed E-state index contributed by atoms with van der Waals surface area (Å²) in [6.07, 6.45) is 0. The molecule has 1 heterocycles. The fourth-order valence-electron chi connectivity index (χ4n) is 9.99. The zero-order valence-corrected chi connectivity index (χ0v) is 31.3. The van der Waals surface area contributed by atoms with Gasteiger partial charge in [-0.05, 0) is 120 Å². The molecule has 0 bridgehead atoms. The number of fused-ring (bicyclic) bond motifs is 9. The second kappa shape index (κ2) is 12.7. The second-order valence-corrected chi connectivity index (χ2v) is 15.6. The van der Waals surface area contributed by atoms with Crippen LogP contribution in [0.5, 0.6) is 0 Å². The van der Waals surface area contributed by atoms with Gasteiger partial charge in [0.15, 0.2) is 0 Å². The molecule has 2 unspecified atom stereocenters. The van der Waals surface area contributed by atoms with Crippen molar-refractivity contribution in [1.82, 2.24) is 4.57 Å². The van der Waals surface area contributed by atoms with E-state index in [-0.39, 0.29) is 11.8 Å². The highest BCUT2D eigenvalue weighted by atomic mass is 15.0. The summed E-state index contributed by atoms with van der Waals surface area (Å²) in [7, 11) is 0. The molecule has 2 atom stereocenters. The number of para-hydroxylation sites is 1. The van der Waals surface area contributed by atoms with Crippen molar-refractivity contribution in [2.45, 2.75) is 11.8 Å². The van der Waals surface area contributed by atoms with Gasteiger partial charge in [-0.3, -0.25) is 0 Å². The Morgan fingerprint density at radius 1 is 0.281 bits per heavy atom.